The van der Waals surface area contributed by atoms with Gasteiger partial charge in [-0.1, -0.05) is 236 Å². The van der Waals surface area contributed by atoms with E-state index in [9.17, 15) is 14.4 Å². The van der Waals surface area contributed by atoms with Crippen LogP contribution in [-0.4, -0.2) is 37.2 Å². The van der Waals surface area contributed by atoms with Crippen molar-refractivity contribution < 1.29 is 28.6 Å². The first-order valence-corrected chi connectivity index (χ1v) is 29.6. The van der Waals surface area contributed by atoms with Crippen molar-refractivity contribution in [2.75, 3.05) is 13.2 Å². The molecule has 0 spiro atoms. The van der Waals surface area contributed by atoms with Crippen molar-refractivity contribution >= 4 is 17.9 Å². The number of hydrogen-bond donors (Lipinski definition) is 0. The SMILES string of the molecule is CCCCC/C=C/C/C=C/CCCCCCCCCCCC(=O)OC[C@@H](COC(=O)CCCCCCC/C=C/CCCCCCC)OC(=O)CCCCCCCCC/C=C/CCCCCCCC. The van der Waals surface area contributed by atoms with E-state index >= 15 is 0 Å². The Morgan fingerprint density at radius 1 is 0.294 bits per heavy atom. The summed E-state index contributed by atoms with van der Waals surface area (Å²) in [6.07, 6.45) is 69.5. The van der Waals surface area contributed by atoms with E-state index in [1.165, 1.54) is 199 Å². The highest BCUT2D eigenvalue weighted by molar-refractivity contribution is 5.71. The minimum Gasteiger partial charge on any atom is -0.462 e. The number of unbranched alkanes of at least 4 members (excludes halogenated alkanes) is 35. The molecule has 0 saturated carbocycles. The molecular weight excluding hydrogens is 841 g/mol. The molecule has 0 aliphatic heterocycles. The second kappa shape index (κ2) is 57.0. The van der Waals surface area contributed by atoms with Crippen molar-refractivity contribution in [1.29, 1.82) is 0 Å². The highest BCUT2D eigenvalue weighted by Crippen LogP contribution is 2.16. The number of ether oxygens (including phenoxy) is 3. The molecule has 0 radical (unpaired) electrons. The maximum Gasteiger partial charge on any atom is 0.306 e. The van der Waals surface area contributed by atoms with E-state index in [-0.39, 0.29) is 31.1 Å². The van der Waals surface area contributed by atoms with Crippen LogP contribution in [0, 0.1) is 0 Å². The van der Waals surface area contributed by atoms with E-state index in [4.69, 9.17) is 14.2 Å². The molecule has 0 amide bonds. The van der Waals surface area contributed by atoms with Crippen molar-refractivity contribution in [3.8, 4) is 0 Å². The second-order valence-electron chi connectivity index (χ2n) is 19.9. The molecule has 396 valence electrons. The van der Waals surface area contributed by atoms with Gasteiger partial charge in [-0.15, -0.1) is 0 Å². The lowest BCUT2D eigenvalue weighted by molar-refractivity contribution is -0.167. The lowest BCUT2D eigenvalue weighted by atomic mass is 10.1. The highest BCUT2D eigenvalue weighted by atomic mass is 16.6. The van der Waals surface area contributed by atoms with Crippen molar-refractivity contribution in [3.63, 3.8) is 0 Å². The fraction of sp³-hybridized carbons (Fsp3) is 0.823. The summed E-state index contributed by atoms with van der Waals surface area (Å²) in [5.41, 5.74) is 0. The van der Waals surface area contributed by atoms with Gasteiger partial charge in [0.2, 0.25) is 0 Å². The highest BCUT2D eigenvalue weighted by Gasteiger charge is 2.19. The van der Waals surface area contributed by atoms with Crippen LogP contribution in [0.15, 0.2) is 48.6 Å². The average molecular weight is 954 g/mol. The molecule has 0 unspecified atom stereocenters. The van der Waals surface area contributed by atoms with Gasteiger partial charge in [0.05, 0.1) is 0 Å². The number of allylic oxidation sites excluding steroid dienone is 8. The summed E-state index contributed by atoms with van der Waals surface area (Å²) in [6.45, 7) is 6.62. The Morgan fingerprint density at radius 3 is 0.853 bits per heavy atom. The molecular formula is C62H112O6. The van der Waals surface area contributed by atoms with Crippen molar-refractivity contribution in [3.05, 3.63) is 48.6 Å². The molecule has 0 saturated heterocycles. The topological polar surface area (TPSA) is 78.9 Å². The molecule has 68 heavy (non-hydrogen) atoms. The standard InChI is InChI=1S/C62H112O6/c1-4-7-10-13-16-19-22-25-28-30-31-33-34-37-40-43-46-49-52-55-61(64)67-58-59(57-66-60(63)54-51-48-45-42-39-36-27-24-21-18-15-12-9-6-3)68-62(65)56-53-50-47-44-41-38-35-32-29-26-23-20-17-14-11-8-5-2/h16,19,24-29,59H,4-15,17-18,20-23,30-58H2,1-3H3/b19-16+,27-24+,28-25+,29-26+/t59-/m1/s1. The number of esters is 3. The number of hydrogen-bond acceptors (Lipinski definition) is 6. The van der Waals surface area contributed by atoms with Crippen LogP contribution in [0.3, 0.4) is 0 Å². The van der Waals surface area contributed by atoms with Crippen LogP contribution < -0.4 is 0 Å². The Kier molecular flexibility index (Phi) is 54.8. The number of rotatable bonds is 54. The van der Waals surface area contributed by atoms with Crippen LogP contribution in [0.5, 0.6) is 0 Å². The predicted molar refractivity (Wildman–Crippen MR) is 293 cm³/mol. The number of carbonyl (C=O) groups is 3. The van der Waals surface area contributed by atoms with Gasteiger partial charge >= 0.3 is 17.9 Å². The zero-order valence-corrected chi connectivity index (χ0v) is 45.4. The fourth-order valence-electron chi connectivity index (χ4n) is 8.52. The molecule has 0 aliphatic rings. The average Bonchev–Trinajstić information content (AvgIpc) is 3.34. The molecule has 6 nitrogen and oxygen atoms in total. The van der Waals surface area contributed by atoms with Crippen LogP contribution in [0.25, 0.3) is 0 Å². The van der Waals surface area contributed by atoms with E-state index < -0.39 is 6.10 Å². The van der Waals surface area contributed by atoms with Gasteiger partial charge in [-0.3, -0.25) is 14.4 Å². The van der Waals surface area contributed by atoms with Crippen molar-refractivity contribution in [1.82, 2.24) is 0 Å². The molecule has 0 aromatic rings. The summed E-state index contributed by atoms with van der Waals surface area (Å²) in [6, 6.07) is 0. The fourth-order valence-corrected chi connectivity index (χ4v) is 8.52. The van der Waals surface area contributed by atoms with E-state index in [1.54, 1.807) is 0 Å². The van der Waals surface area contributed by atoms with Gasteiger partial charge in [0, 0.05) is 19.3 Å². The minimum absolute atomic E-state index is 0.0780. The summed E-state index contributed by atoms with van der Waals surface area (Å²) in [5, 5.41) is 0. The zero-order chi connectivity index (χ0) is 49.3. The third kappa shape index (κ3) is 54.3. The normalized spacial score (nSPS) is 12.3. The van der Waals surface area contributed by atoms with Crippen LogP contribution in [0.2, 0.25) is 0 Å². The first-order chi connectivity index (χ1) is 33.5. The lowest BCUT2D eigenvalue weighted by Crippen LogP contribution is -2.30. The summed E-state index contributed by atoms with van der Waals surface area (Å²) < 4.78 is 16.9. The van der Waals surface area contributed by atoms with Crippen LogP contribution >= 0.6 is 0 Å². The van der Waals surface area contributed by atoms with E-state index in [0.29, 0.717) is 19.3 Å². The van der Waals surface area contributed by atoms with Gasteiger partial charge < -0.3 is 14.2 Å². The van der Waals surface area contributed by atoms with Crippen LogP contribution in [0.1, 0.15) is 310 Å². The van der Waals surface area contributed by atoms with E-state index in [0.717, 1.165) is 70.6 Å². The molecule has 0 fully saturated rings. The van der Waals surface area contributed by atoms with Gasteiger partial charge in [0.1, 0.15) is 13.2 Å². The quantitative estimate of drug-likeness (QED) is 0.0262. The molecule has 6 heteroatoms. The van der Waals surface area contributed by atoms with Gasteiger partial charge in [-0.05, 0) is 103 Å². The van der Waals surface area contributed by atoms with Crippen LogP contribution in [0.4, 0.5) is 0 Å². The Labute approximate surface area is 422 Å². The van der Waals surface area contributed by atoms with Crippen molar-refractivity contribution in [2.45, 2.75) is 316 Å². The molecule has 0 bridgehead atoms. The second-order valence-corrected chi connectivity index (χ2v) is 19.9. The summed E-state index contributed by atoms with van der Waals surface area (Å²) in [5.74, 6) is -0.881. The first kappa shape index (κ1) is 65.4. The molecule has 1 atom stereocenters. The predicted octanol–water partition coefficient (Wildman–Crippen LogP) is 19.8. The van der Waals surface area contributed by atoms with Crippen LogP contribution in [-0.2, 0) is 28.6 Å². The maximum atomic E-state index is 12.9. The minimum atomic E-state index is -0.780. The monoisotopic (exact) mass is 953 g/mol. The Hall–Kier alpha value is -2.63. The molecule has 0 N–H and O–H groups in total. The summed E-state index contributed by atoms with van der Waals surface area (Å²) in [4.78, 5) is 38.2. The molecule has 0 aromatic carbocycles. The Morgan fingerprint density at radius 2 is 0.529 bits per heavy atom. The Balaban J connectivity index is 4.36. The van der Waals surface area contributed by atoms with Crippen molar-refractivity contribution in [2.24, 2.45) is 0 Å². The number of carbonyl (C=O) groups excluding carboxylic acids is 3. The maximum absolute atomic E-state index is 12.9. The lowest BCUT2D eigenvalue weighted by Gasteiger charge is -2.18. The van der Waals surface area contributed by atoms with Gasteiger partial charge in [0.25, 0.3) is 0 Å². The molecule has 0 aliphatic carbocycles. The van der Waals surface area contributed by atoms with Gasteiger partial charge in [0.15, 0.2) is 6.10 Å². The zero-order valence-electron chi connectivity index (χ0n) is 45.4. The third-order valence-corrected chi connectivity index (χ3v) is 13.0. The summed E-state index contributed by atoms with van der Waals surface area (Å²) >= 11 is 0. The van der Waals surface area contributed by atoms with E-state index in [1.807, 2.05) is 0 Å². The molecule has 0 rings (SSSR count). The van der Waals surface area contributed by atoms with Gasteiger partial charge in [-0.2, -0.15) is 0 Å². The van der Waals surface area contributed by atoms with E-state index in [2.05, 4.69) is 69.4 Å². The Bertz CT molecular complexity index is 1190. The smallest absolute Gasteiger partial charge is 0.306 e. The first-order valence-electron chi connectivity index (χ1n) is 29.6. The summed E-state index contributed by atoms with van der Waals surface area (Å²) in [7, 11) is 0. The molecule has 0 heterocycles. The van der Waals surface area contributed by atoms with Gasteiger partial charge in [-0.25, -0.2) is 0 Å². The molecule has 0 aromatic heterocycles. The largest absolute Gasteiger partial charge is 0.462 e. The third-order valence-electron chi connectivity index (χ3n) is 13.0.